The average molecular weight is 470 g/mol. The number of anilines is 1. The lowest BCUT2D eigenvalue weighted by Gasteiger charge is -2.35. The Balaban J connectivity index is 1.73. The minimum atomic E-state index is -0.485. The highest BCUT2D eigenvalue weighted by atomic mass is 35.5. The normalized spacial score (nSPS) is 19.0. The summed E-state index contributed by atoms with van der Waals surface area (Å²) in [6.07, 6.45) is 1.18. The Morgan fingerprint density at radius 1 is 1.06 bits per heavy atom. The lowest BCUT2D eigenvalue weighted by Crippen LogP contribution is -2.42. The number of nitrogens with one attached hydrogen (secondary N) is 2. The van der Waals surface area contributed by atoms with Crippen molar-refractivity contribution in [3.05, 3.63) is 64.2 Å². The fourth-order valence-corrected chi connectivity index (χ4v) is 4.61. The van der Waals surface area contributed by atoms with Gasteiger partial charge in [-0.05, 0) is 60.6 Å². The minimum Gasteiger partial charge on any atom is -0.349 e. The first-order valence-corrected chi connectivity index (χ1v) is 11.7. The van der Waals surface area contributed by atoms with Gasteiger partial charge in [0.05, 0.1) is 12.5 Å². The highest BCUT2D eigenvalue weighted by molar-refractivity contribution is 6.30. The summed E-state index contributed by atoms with van der Waals surface area (Å²) in [7, 11) is 0. The van der Waals surface area contributed by atoms with E-state index in [1.165, 1.54) is 6.92 Å². The van der Waals surface area contributed by atoms with Gasteiger partial charge in [-0.1, -0.05) is 43.6 Å². The number of hydrogen-bond donors (Lipinski definition) is 2. The van der Waals surface area contributed by atoms with Crippen LogP contribution in [-0.2, 0) is 9.59 Å². The van der Waals surface area contributed by atoms with Gasteiger partial charge in [-0.15, -0.1) is 0 Å². The quantitative estimate of drug-likeness (QED) is 0.626. The summed E-state index contributed by atoms with van der Waals surface area (Å²) in [5.41, 5.74) is 2.82. The molecule has 0 radical (unpaired) electrons. The molecule has 7 heteroatoms. The van der Waals surface area contributed by atoms with Crippen molar-refractivity contribution in [1.29, 1.82) is 0 Å². The van der Waals surface area contributed by atoms with Crippen molar-refractivity contribution in [1.82, 2.24) is 10.2 Å². The Morgan fingerprint density at radius 3 is 2.30 bits per heavy atom. The van der Waals surface area contributed by atoms with Gasteiger partial charge >= 0.3 is 0 Å². The number of nitrogens with zero attached hydrogens (tertiary/aromatic N) is 1. The van der Waals surface area contributed by atoms with Crippen LogP contribution < -0.4 is 10.6 Å². The van der Waals surface area contributed by atoms with E-state index in [9.17, 15) is 14.4 Å². The Hall–Kier alpha value is -2.86. The number of hydrogen-bond acceptors (Lipinski definition) is 3. The number of benzene rings is 2. The Labute approximate surface area is 200 Å². The lowest BCUT2D eigenvalue weighted by molar-refractivity contribution is -0.120. The van der Waals surface area contributed by atoms with Gasteiger partial charge in [-0.3, -0.25) is 14.4 Å². The molecule has 1 aliphatic rings. The molecular weight excluding hydrogens is 438 g/mol. The van der Waals surface area contributed by atoms with Crippen LogP contribution in [0.3, 0.4) is 0 Å². The van der Waals surface area contributed by atoms with Crippen LogP contribution in [0.4, 0.5) is 5.69 Å². The maximum Gasteiger partial charge on any atom is 0.253 e. The van der Waals surface area contributed by atoms with Crippen molar-refractivity contribution < 1.29 is 14.4 Å². The summed E-state index contributed by atoms with van der Waals surface area (Å²) in [4.78, 5) is 39.6. The van der Waals surface area contributed by atoms with E-state index in [1.807, 2.05) is 24.0 Å². The molecule has 0 saturated carbocycles. The molecule has 2 N–H and O–H groups in total. The van der Waals surface area contributed by atoms with E-state index < -0.39 is 6.04 Å². The van der Waals surface area contributed by atoms with E-state index in [0.717, 1.165) is 30.6 Å². The molecule has 2 aromatic rings. The summed E-state index contributed by atoms with van der Waals surface area (Å²) in [6, 6.07) is 12.0. The van der Waals surface area contributed by atoms with Crippen molar-refractivity contribution >= 4 is 35.0 Å². The average Bonchev–Trinajstić information content (AvgIpc) is 2.74. The maximum absolute atomic E-state index is 13.1. The second-order valence-corrected chi connectivity index (χ2v) is 9.68. The molecule has 1 fully saturated rings. The Bertz CT molecular complexity index is 1010. The van der Waals surface area contributed by atoms with E-state index in [2.05, 4.69) is 24.5 Å². The first-order chi connectivity index (χ1) is 15.6. The lowest BCUT2D eigenvalue weighted by atomic mass is 9.91. The Kier molecular flexibility index (Phi) is 8.14. The molecule has 6 nitrogen and oxygen atoms in total. The molecule has 0 aromatic heterocycles. The third kappa shape index (κ3) is 6.81. The van der Waals surface area contributed by atoms with E-state index in [1.54, 1.807) is 30.3 Å². The van der Waals surface area contributed by atoms with Crippen molar-refractivity contribution in [2.24, 2.45) is 11.8 Å². The van der Waals surface area contributed by atoms with Crippen LogP contribution in [-0.4, -0.2) is 35.7 Å². The number of carbonyl (C=O) groups is 3. The van der Waals surface area contributed by atoms with Crippen LogP contribution in [0.2, 0.25) is 5.02 Å². The molecule has 3 rings (SSSR count). The Morgan fingerprint density at radius 2 is 1.70 bits per heavy atom. The monoisotopic (exact) mass is 469 g/mol. The number of piperidine rings is 1. The van der Waals surface area contributed by atoms with Gasteiger partial charge in [-0.25, -0.2) is 0 Å². The summed E-state index contributed by atoms with van der Waals surface area (Å²) < 4.78 is 0. The second-order valence-electron chi connectivity index (χ2n) is 9.24. The molecule has 0 bridgehead atoms. The predicted octanol–water partition coefficient (Wildman–Crippen LogP) is 4.97. The molecule has 33 heavy (non-hydrogen) atoms. The molecule has 1 saturated heterocycles. The van der Waals surface area contributed by atoms with Gasteiger partial charge in [0.15, 0.2) is 0 Å². The van der Waals surface area contributed by atoms with Gasteiger partial charge in [-0.2, -0.15) is 0 Å². The fraction of sp³-hybridized carbons (Fsp3) is 0.423. The molecule has 1 heterocycles. The van der Waals surface area contributed by atoms with Crippen LogP contribution in [0.1, 0.15) is 61.1 Å². The van der Waals surface area contributed by atoms with Crippen molar-refractivity contribution in [2.45, 2.75) is 46.6 Å². The number of likely N-dealkylation sites (tertiary alicyclic amines) is 1. The largest absolute Gasteiger partial charge is 0.349 e. The van der Waals surface area contributed by atoms with E-state index in [4.69, 9.17) is 11.6 Å². The summed E-state index contributed by atoms with van der Waals surface area (Å²) in [6.45, 7) is 9.14. The molecule has 3 amide bonds. The molecule has 176 valence electrons. The highest BCUT2D eigenvalue weighted by Crippen LogP contribution is 2.25. The van der Waals surface area contributed by atoms with Crippen LogP contribution in [0, 0.1) is 18.8 Å². The topological polar surface area (TPSA) is 78.5 Å². The second kappa shape index (κ2) is 10.8. The number of aryl methyl sites for hydroxylation is 1. The first-order valence-electron chi connectivity index (χ1n) is 11.3. The van der Waals surface area contributed by atoms with Crippen molar-refractivity contribution in [3.8, 4) is 0 Å². The standard InChI is InChI=1S/C26H32ClN3O3/c1-16-11-17(2)15-30(14-16)26(33)21-6-5-18(3)23(12-21)29-25(32)13-24(28-19(4)31)20-7-9-22(27)10-8-20/h5-10,12,16-17,24H,11,13-15H2,1-4H3,(H,28,31)(H,29,32). The molecule has 3 unspecified atom stereocenters. The van der Waals surface area contributed by atoms with Crippen LogP contribution >= 0.6 is 11.6 Å². The fourth-order valence-electron chi connectivity index (χ4n) is 4.48. The van der Waals surface area contributed by atoms with Gasteiger partial charge in [0.1, 0.15) is 0 Å². The number of halogens is 1. The maximum atomic E-state index is 13.1. The smallest absolute Gasteiger partial charge is 0.253 e. The first kappa shape index (κ1) is 24.8. The van der Waals surface area contributed by atoms with Crippen LogP contribution in [0.25, 0.3) is 0 Å². The molecular formula is C26H32ClN3O3. The zero-order valence-corrected chi connectivity index (χ0v) is 20.4. The van der Waals surface area contributed by atoms with E-state index >= 15 is 0 Å². The summed E-state index contributed by atoms with van der Waals surface area (Å²) in [5, 5.41) is 6.33. The highest BCUT2D eigenvalue weighted by Gasteiger charge is 2.26. The van der Waals surface area contributed by atoms with E-state index in [-0.39, 0.29) is 24.1 Å². The van der Waals surface area contributed by atoms with Gasteiger partial charge < -0.3 is 15.5 Å². The van der Waals surface area contributed by atoms with Gasteiger partial charge in [0.25, 0.3) is 5.91 Å². The SMILES string of the molecule is CC(=O)NC(CC(=O)Nc1cc(C(=O)N2CC(C)CC(C)C2)ccc1C)c1ccc(Cl)cc1. The van der Waals surface area contributed by atoms with Crippen LogP contribution in [0.15, 0.2) is 42.5 Å². The van der Waals surface area contributed by atoms with Crippen molar-refractivity contribution in [2.75, 3.05) is 18.4 Å². The molecule has 3 atom stereocenters. The van der Waals surface area contributed by atoms with E-state index in [0.29, 0.717) is 28.1 Å². The summed E-state index contributed by atoms with van der Waals surface area (Å²) in [5.74, 6) is 0.455. The number of amides is 3. The van der Waals surface area contributed by atoms with Gasteiger partial charge in [0.2, 0.25) is 11.8 Å². The minimum absolute atomic E-state index is 0.0128. The van der Waals surface area contributed by atoms with Crippen LogP contribution in [0.5, 0.6) is 0 Å². The number of rotatable bonds is 6. The zero-order valence-electron chi connectivity index (χ0n) is 19.7. The summed E-state index contributed by atoms with van der Waals surface area (Å²) >= 11 is 5.97. The van der Waals surface area contributed by atoms with Crippen molar-refractivity contribution in [3.63, 3.8) is 0 Å². The molecule has 0 spiro atoms. The third-order valence-corrected chi connectivity index (χ3v) is 6.21. The molecule has 1 aliphatic heterocycles. The predicted molar refractivity (Wildman–Crippen MR) is 131 cm³/mol. The zero-order chi connectivity index (χ0) is 24.1. The third-order valence-electron chi connectivity index (χ3n) is 5.95. The molecule has 2 aromatic carbocycles. The molecule has 0 aliphatic carbocycles. The van der Waals surface area contributed by atoms with Gasteiger partial charge in [0, 0.05) is 36.3 Å². The number of carbonyl (C=O) groups excluding carboxylic acids is 3.